The van der Waals surface area contributed by atoms with Gasteiger partial charge >= 0.3 is 0 Å². The van der Waals surface area contributed by atoms with Crippen molar-refractivity contribution in [3.63, 3.8) is 0 Å². The van der Waals surface area contributed by atoms with E-state index in [-0.39, 0.29) is 18.3 Å². The normalized spacial score (nSPS) is 13.5. The molecule has 83 heavy (non-hydrogen) atoms. The number of nitrogens with one attached hydrogen (secondary N) is 2. The molecule has 5 N–H and O–H groups in total. The summed E-state index contributed by atoms with van der Waals surface area (Å²) in [7, 11) is 0. The largest absolute Gasteiger partial charge is 0.393 e. The average molecular weight is 1180 g/mol. The van der Waals surface area contributed by atoms with Crippen LogP contribution in [0.15, 0.2) is 0 Å². The van der Waals surface area contributed by atoms with Gasteiger partial charge in [-0.05, 0) is 97.6 Å². The number of aliphatic hydroxyl groups is 3. The van der Waals surface area contributed by atoms with E-state index in [4.69, 9.17) is 4.74 Å². The number of rotatable bonds is 74. The highest BCUT2D eigenvalue weighted by Crippen LogP contribution is 2.18. The first kappa shape index (κ1) is 82.7. The molecule has 0 rings (SSSR count). The lowest BCUT2D eigenvalue weighted by atomic mass is 10.0. The van der Waals surface area contributed by atoms with Crippen LogP contribution in [-0.4, -0.2) is 122 Å². The molecule has 8 heteroatoms. The molecule has 4 unspecified atom stereocenters. The van der Waals surface area contributed by atoms with Crippen molar-refractivity contribution in [1.29, 1.82) is 0 Å². The van der Waals surface area contributed by atoms with E-state index in [2.05, 4.69) is 55.1 Å². The van der Waals surface area contributed by atoms with Gasteiger partial charge in [0.2, 0.25) is 0 Å². The second-order valence-electron chi connectivity index (χ2n) is 27.0. The maximum atomic E-state index is 11.3. The lowest BCUT2D eigenvalue weighted by Gasteiger charge is -2.28. The van der Waals surface area contributed by atoms with Crippen molar-refractivity contribution in [3.8, 4) is 0 Å². The Morgan fingerprint density at radius 1 is 0.277 bits per heavy atom. The van der Waals surface area contributed by atoms with Gasteiger partial charge in [-0.2, -0.15) is 0 Å². The van der Waals surface area contributed by atoms with Gasteiger partial charge in [-0.15, -0.1) is 0 Å². The van der Waals surface area contributed by atoms with E-state index in [0.717, 1.165) is 90.9 Å². The fourth-order valence-electron chi connectivity index (χ4n) is 12.5. The molecule has 0 aromatic heterocycles. The summed E-state index contributed by atoms with van der Waals surface area (Å²) in [5.41, 5.74) is 0. The van der Waals surface area contributed by atoms with Gasteiger partial charge in [0.15, 0.2) is 0 Å². The Kier molecular flexibility index (Phi) is 70.5. The summed E-state index contributed by atoms with van der Waals surface area (Å²) in [5, 5.41) is 40.5. The van der Waals surface area contributed by atoms with Gasteiger partial charge < -0.3 is 40.5 Å². The molecule has 0 saturated heterocycles. The molecule has 0 aromatic rings. The van der Waals surface area contributed by atoms with Crippen LogP contribution >= 0.6 is 0 Å². The van der Waals surface area contributed by atoms with Gasteiger partial charge in [0.25, 0.3) is 0 Å². The minimum Gasteiger partial charge on any atom is -0.393 e. The van der Waals surface area contributed by atoms with Gasteiger partial charge in [-0.25, -0.2) is 0 Å². The molecule has 0 aliphatic rings. The highest BCUT2D eigenvalue weighted by molar-refractivity contribution is 4.72. The molecule has 0 aliphatic carbocycles. The lowest BCUT2D eigenvalue weighted by molar-refractivity contribution is 0.0560. The van der Waals surface area contributed by atoms with Crippen LogP contribution < -0.4 is 10.6 Å². The number of hydrogen-bond donors (Lipinski definition) is 5. The summed E-state index contributed by atoms with van der Waals surface area (Å²) < 4.78 is 6.19. The molecule has 0 saturated carbocycles. The number of hydrogen-bond acceptors (Lipinski definition) is 8. The molecule has 0 radical (unpaired) electrons. The topological polar surface area (TPSA) is 100 Å². The van der Waals surface area contributed by atoms with Crippen molar-refractivity contribution < 1.29 is 20.1 Å². The van der Waals surface area contributed by atoms with Crippen LogP contribution in [0.25, 0.3) is 0 Å². The van der Waals surface area contributed by atoms with Crippen LogP contribution in [0.2, 0.25) is 0 Å². The molecule has 0 aromatic carbocycles. The van der Waals surface area contributed by atoms with Crippen molar-refractivity contribution in [2.45, 2.75) is 412 Å². The van der Waals surface area contributed by atoms with E-state index in [0.29, 0.717) is 19.6 Å². The van der Waals surface area contributed by atoms with Crippen LogP contribution in [-0.2, 0) is 4.74 Å². The van der Waals surface area contributed by atoms with Crippen molar-refractivity contribution >= 4 is 0 Å². The molecule has 0 amide bonds. The van der Waals surface area contributed by atoms with E-state index < -0.39 is 6.10 Å². The van der Waals surface area contributed by atoms with Gasteiger partial charge in [0, 0.05) is 32.8 Å². The molecular formula is C75H156N4O4. The predicted molar refractivity (Wildman–Crippen MR) is 369 cm³/mol. The predicted octanol–water partition coefficient (Wildman–Crippen LogP) is 20.8. The maximum Gasteiger partial charge on any atom is 0.0791 e. The summed E-state index contributed by atoms with van der Waals surface area (Å²) >= 11 is 0. The van der Waals surface area contributed by atoms with Gasteiger partial charge in [0.05, 0.1) is 24.4 Å². The second-order valence-corrected chi connectivity index (χ2v) is 27.0. The monoisotopic (exact) mass is 1180 g/mol. The molecule has 4 atom stereocenters. The standard InChI is InChI=1S/C75H156N4O4/c1-6-10-14-18-22-26-30-34-35-36-40-44-48-52-58-73(80)60-62-77-69-75(82)71-79(64-54-50-46-42-38-32-28-24-20-16-12-8-3)66-56-55-65-78(63-53-49-45-41-37-31-27-23-19-15-11-7-2)70-74(81)68-76-61-59-72(5)83-67-57-51-47-43-39-33-29-25-21-17-13-9-4/h72-77,80-82H,6-71H2,1-5H3. The van der Waals surface area contributed by atoms with Crippen molar-refractivity contribution in [2.24, 2.45) is 0 Å². The Morgan fingerprint density at radius 3 is 0.819 bits per heavy atom. The SMILES string of the molecule is CCCCCCCCCCCCCCCCC(O)CCNCC(O)CN(CCCCCCCCCCCCCC)CCCCN(CCCCCCCCCCCCCC)CC(O)CNCCC(C)OCCCCCCCCCCCCCC. The second kappa shape index (κ2) is 70.8. The Hall–Kier alpha value is -0.320. The van der Waals surface area contributed by atoms with Crippen molar-refractivity contribution in [3.05, 3.63) is 0 Å². The minimum atomic E-state index is -0.408. The third kappa shape index (κ3) is 67.5. The van der Waals surface area contributed by atoms with Crippen molar-refractivity contribution in [2.75, 3.05) is 72.1 Å². The summed E-state index contributed by atoms with van der Waals surface area (Å²) in [4.78, 5) is 5.11. The van der Waals surface area contributed by atoms with Crippen LogP contribution in [0.1, 0.15) is 388 Å². The number of ether oxygens (including phenoxy) is 1. The summed E-state index contributed by atoms with van der Waals surface area (Å²) in [6, 6.07) is 0. The average Bonchev–Trinajstić information content (AvgIpc) is 3.48. The number of aliphatic hydroxyl groups excluding tert-OH is 3. The highest BCUT2D eigenvalue weighted by atomic mass is 16.5. The zero-order valence-corrected chi connectivity index (χ0v) is 57.6. The van der Waals surface area contributed by atoms with Crippen molar-refractivity contribution in [1.82, 2.24) is 20.4 Å². The molecule has 0 aliphatic heterocycles. The smallest absolute Gasteiger partial charge is 0.0791 e. The minimum absolute atomic E-state index is 0.247. The van der Waals surface area contributed by atoms with Gasteiger partial charge in [-0.3, -0.25) is 0 Å². The third-order valence-corrected chi connectivity index (χ3v) is 18.2. The zero-order chi connectivity index (χ0) is 60.3. The zero-order valence-electron chi connectivity index (χ0n) is 57.6. The van der Waals surface area contributed by atoms with Crippen LogP contribution in [0.4, 0.5) is 0 Å². The first-order valence-corrected chi connectivity index (χ1v) is 38.4. The maximum absolute atomic E-state index is 11.3. The van der Waals surface area contributed by atoms with Crippen LogP contribution in [0, 0.1) is 0 Å². The summed E-state index contributed by atoms with van der Waals surface area (Å²) in [6.45, 7) is 20.8. The molecule has 0 fully saturated rings. The molecule has 8 nitrogen and oxygen atoms in total. The fourth-order valence-corrected chi connectivity index (χ4v) is 12.5. The third-order valence-electron chi connectivity index (χ3n) is 18.2. The molecular weight excluding hydrogens is 1020 g/mol. The first-order chi connectivity index (χ1) is 40.9. The highest BCUT2D eigenvalue weighted by Gasteiger charge is 2.16. The molecule has 0 bridgehead atoms. The Morgan fingerprint density at radius 2 is 0.518 bits per heavy atom. The molecule has 0 spiro atoms. The van der Waals surface area contributed by atoms with Crippen LogP contribution in [0.3, 0.4) is 0 Å². The Balaban J connectivity index is 4.95. The fraction of sp³-hybridized carbons (Fsp3) is 1.00. The van der Waals surface area contributed by atoms with E-state index in [9.17, 15) is 15.3 Å². The molecule has 0 heterocycles. The number of unbranched alkanes of at least 4 members (excludes halogenated alkanes) is 47. The van der Waals surface area contributed by atoms with E-state index >= 15 is 0 Å². The summed E-state index contributed by atoms with van der Waals surface area (Å²) in [5.74, 6) is 0. The summed E-state index contributed by atoms with van der Waals surface area (Å²) in [6.07, 6.45) is 72.3. The van der Waals surface area contributed by atoms with Gasteiger partial charge in [0.1, 0.15) is 0 Å². The number of nitrogens with zero attached hydrogens (tertiary/aromatic N) is 2. The van der Waals surface area contributed by atoms with E-state index in [1.54, 1.807) is 0 Å². The van der Waals surface area contributed by atoms with E-state index in [1.807, 2.05) is 0 Å². The van der Waals surface area contributed by atoms with E-state index in [1.165, 1.54) is 315 Å². The Bertz CT molecular complexity index is 1170. The van der Waals surface area contributed by atoms with Crippen LogP contribution in [0.5, 0.6) is 0 Å². The first-order valence-electron chi connectivity index (χ1n) is 38.4. The Labute approximate surface area is 522 Å². The quantitative estimate of drug-likeness (QED) is 0.0384. The molecule has 500 valence electrons. The van der Waals surface area contributed by atoms with Gasteiger partial charge in [-0.1, -0.05) is 329 Å². The lowest BCUT2D eigenvalue weighted by Crippen LogP contribution is -2.41.